The molecule has 118 valence electrons. The van der Waals surface area contributed by atoms with Gasteiger partial charge in [-0.3, -0.25) is 0 Å². The number of anilines is 1. The molecule has 1 N–H and O–H groups in total. The molecule has 0 saturated carbocycles. The monoisotopic (exact) mass is 371 g/mol. The molecule has 21 heavy (non-hydrogen) atoms. The maximum atomic E-state index is 4.89. The third kappa shape index (κ3) is 4.85. The highest BCUT2D eigenvalue weighted by Crippen LogP contribution is 2.38. The highest BCUT2D eigenvalue weighted by molar-refractivity contribution is 9.10. The van der Waals surface area contributed by atoms with Gasteiger partial charge in [-0.15, -0.1) is 0 Å². The second-order valence-electron chi connectivity index (χ2n) is 6.07. The first-order chi connectivity index (χ1) is 10.1. The average Bonchev–Trinajstić information content (AvgIpc) is 2.48. The minimum Gasteiger partial charge on any atom is -0.369 e. The van der Waals surface area contributed by atoms with Crippen LogP contribution in [0.3, 0.4) is 0 Å². The van der Waals surface area contributed by atoms with Gasteiger partial charge in [0.1, 0.15) is 11.6 Å². The molecule has 0 aliphatic carbocycles. The van der Waals surface area contributed by atoms with E-state index in [0.29, 0.717) is 11.2 Å². The van der Waals surface area contributed by atoms with Gasteiger partial charge >= 0.3 is 0 Å². The molecule has 1 aromatic heterocycles. The maximum Gasteiger partial charge on any atom is 0.144 e. The standard InChI is InChI=1S/C16H26BrN3S/c1-4-8-18-16-14(17)12(10-11(2)3)19-15(20-16)13-7-5-6-9-21-13/h11,13H,4-10H2,1-3H3,(H,18,19,20). The van der Waals surface area contributed by atoms with Gasteiger partial charge in [0.25, 0.3) is 0 Å². The lowest BCUT2D eigenvalue weighted by Gasteiger charge is -2.22. The van der Waals surface area contributed by atoms with Gasteiger partial charge in [0, 0.05) is 6.54 Å². The van der Waals surface area contributed by atoms with E-state index >= 15 is 0 Å². The number of thioether (sulfide) groups is 1. The molecule has 2 rings (SSSR count). The van der Waals surface area contributed by atoms with Gasteiger partial charge in [-0.2, -0.15) is 11.8 Å². The van der Waals surface area contributed by atoms with Crippen LogP contribution in [-0.2, 0) is 6.42 Å². The Morgan fingerprint density at radius 1 is 1.33 bits per heavy atom. The predicted molar refractivity (Wildman–Crippen MR) is 96.1 cm³/mol. The van der Waals surface area contributed by atoms with E-state index in [-0.39, 0.29) is 0 Å². The fourth-order valence-corrected chi connectivity index (χ4v) is 4.21. The van der Waals surface area contributed by atoms with Crippen LogP contribution in [0.1, 0.15) is 63.2 Å². The van der Waals surface area contributed by atoms with Crippen molar-refractivity contribution in [2.45, 2.75) is 58.1 Å². The first-order valence-corrected chi connectivity index (χ1v) is 9.87. The van der Waals surface area contributed by atoms with E-state index in [9.17, 15) is 0 Å². The zero-order valence-corrected chi connectivity index (χ0v) is 15.7. The van der Waals surface area contributed by atoms with E-state index in [4.69, 9.17) is 9.97 Å². The number of halogens is 1. The SMILES string of the molecule is CCCNc1nc(C2CCCCS2)nc(CC(C)C)c1Br. The Morgan fingerprint density at radius 3 is 2.76 bits per heavy atom. The van der Waals surface area contributed by atoms with E-state index in [1.807, 2.05) is 11.8 Å². The summed E-state index contributed by atoms with van der Waals surface area (Å²) in [6.07, 6.45) is 5.93. The molecular formula is C16H26BrN3S. The summed E-state index contributed by atoms with van der Waals surface area (Å²) in [5.74, 6) is 3.84. The Balaban J connectivity index is 2.29. The molecule has 1 fully saturated rings. The van der Waals surface area contributed by atoms with E-state index in [1.54, 1.807) is 0 Å². The van der Waals surface area contributed by atoms with Gasteiger partial charge in [0.2, 0.25) is 0 Å². The Morgan fingerprint density at radius 2 is 2.14 bits per heavy atom. The number of nitrogens with zero attached hydrogens (tertiary/aromatic N) is 2. The molecule has 0 bridgehead atoms. The lowest BCUT2D eigenvalue weighted by atomic mass is 10.1. The first kappa shape index (κ1) is 17.1. The minimum atomic E-state index is 0.472. The summed E-state index contributed by atoms with van der Waals surface area (Å²) in [4.78, 5) is 9.70. The van der Waals surface area contributed by atoms with E-state index in [1.165, 1.54) is 25.0 Å². The molecule has 0 aromatic carbocycles. The van der Waals surface area contributed by atoms with Gasteiger partial charge in [0.15, 0.2) is 0 Å². The maximum absolute atomic E-state index is 4.89. The van der Waals surface area contributed by atoms with Gasteiger partial charge in [-0.25, -0.2) is 9.97 Å². The topological polar surface area (TPSA) is 37.8 Å². The van der Waals surface area contributed by atoms with Crippen molar-refractivity contribution in [3.8, 4) is 0 Å². The third-order valence-electron chi connectivity index (χ3n) is 3.55. The Kier molecular flexibility index (Phi) is 6.80. The molecule has 1 saturated heterocycles. The van der Waals surface area contributed by atoms with Crippen molar-refractivity contribution in [2.75, 3.05) is 17.6 Å². The molecule has 1 atom stereocenters. The van der Waals surface area contributed by atoms with Crippen molar-refractivity contribution in [1.29, 1.82) is 0 Å². The second-order valence-corrected chi connectivity index (χ2v) is 8.17. The number of aromatic nitrogens is 2. The molecule has 5 heteroatoms. The predicted octanol–water partition coefficient (Wildman–Crippen LogP) is 5.22. The van der Waals surface area contributed by atoms with Crippen LogP contribution in [-0.4, -0.2) is 22.3 Å². The zero-order valence-electron chi connectivity index (χ0n) is 13.3. The van der Waals surface area contributed by atoms with Crippen LogP contribution in [0.2, 0.25) is 0 Å². The van der Waals surface area contributed by atoms with Gasteiger partial charge in [0.05, 0.1) is 15.4 Å². The van der Waals surface area contributed by atoms with Crippen LogP contribution in [0, 0.1) is 5.92 Å². The smallest absolute Gasteiger partial charge is 0.144 e. The molecular weight excluding hydrogens is 346 g/mol. The highest BCUT2D eigenvalue weighted by Gasteiger charge is 2.22. The number of hydrogen-bond acceptors (Lipinski definition) is 4. The lowest BCUT2D eigenvalue weighted by Crippen LogP contribution is -2.13. The van der Waals surface area contributed by atoms with Gasteiger partial charge < -0.3 is 5.32 Å². The molecule has 0 spiro atoms. The summed E-state index contributed by atoms with van der Waals surface area (Å²) >= 11 is 5.72. The summed E-state index contributed by atoms with van der Waals surface area (Å²) in [6.45, 7) is 7.61. The normalized spacial score (nSPS) is 19.0. The van der Waals surface area contributed by atoms with Crippen LogP contribution >= 0.6 is 27.7 Å². The van der Waals surface area contributed by atoms with E-state index in [0.717, 1.165) is 41.2 Å². The summed E-state index contributed by atoms with van der Waals surface area (Å²) in [5, 5.41) is 3.92. The fraction of sp³-hybridized carbons (Fsp3) is 0.750. The highest BCUT2D eigenvalue weighted by atomic mass is 79.9. The van der Waals surface area contributed by atoms with Gasteiger partial charge in [-0.1, -0.05) is 27.2 Å². The number of rotatable bonds is 6. The Labute approximate surface area is 141 Å². The molecule has 1 aliphatic rings. The van der Waals surface area contributed by atoms with E-state index in [2.05, 4.69) is 42.0 Å². The lowest BCUT2D eigenvalue weighted by molar-refractivity contribution is 0.617. The minimum absolute atomic E-state index is 0.472. The molecule has 1 aliphatic heterocycles. The zero-order chi connectivity index (χ0) is 15.2. The molecule has 2 heterocycles. The van der Waals surface area contributed by atoms with Crippen LogP contribution in [0.25, 0.3) is 0 Å². The third-order valence-corrected chi connectivity index (χ3v) is 5.76. The summed E-state index contributed by atoms with van der Waals surface area (Å²) in [5.41, 5.74) is 1.15. The summed E-state index contributed by atoms with van der Waals surface area (Å²) in [7, 11) is 0. The molecule has 0 amide bonds. The Hall–Kier alpha value is -0.290. The average molecular weight is 372 g/mol. The first-order valence-electron chi connectivity index (χ1n) is 8.03. The number of hydrogen-bond donors (Lipinski definition) is 1. The van der Waals surface area contributed by atoms with Crippen LogP contribution in [0.5, 0.6) is 0 Å². The van der Waals surface area contributed by atoms with Crippen molar-refractivity contribution in [1.82, 2.24) is 9.97 Å². The van der Waals surface area contributed by atoms with Gasteiger partial charge in [-0.05, 0) is 53.3 Å². The largest absolute Gasteiger partial charge is 0.369 e. The molecule has 3 nitrogen and oxygen atoms in total. The van der Waals surface area contributed by atoms with Crippen molar-refractivity contribution in [3.63, 3.8) is 0 Å². The summed E-state index contributed by atoms with van der Waals surface area (Å²) in [6, 6.07) is 0. The number of nitrogens with one attached hydrogen (secondary N) is 1. The van der Waals surface area contributed by atoms with Crippen LogP contribution in [0.15, 0.2) is 4.47 Å². The van der Waals surface area contributed by atoms with E-state index < -0.39 is 0 Å². The van der Waals surface area contributed by atoms with Crippen molar-refractivity contribution < 1.29 is 0 Å². The molecule has 1 unspecified atom stereocenters. The molecule has 1 aromatic rings. The fourth-order valence-electron chi connectivity index (χ4n) is 2.48. The quantitative estimate of drug-likeness (QED) is 0.743. The Bertz CT molecular complexity index is 459. The van der Waals surface area contributed by atoms with Crippen molar-refractivity contribution >= 4 is 33.5 Å². The van der Waals surface area contributed by atoms with Crippen molar-refractivity contribution in [2.24, 2.45) is 5.92 Å². The van der Waals surface area contributed by atoms with Crippen LogP contribution in [0.4, 0.5) is 5.82 Å². The van der Waals surface area contributed by atoms with Crippen molar-refractivity contribution in [3.05, 3.63) is 16.0 Å². The summed E-state index contributed by atoms with van der Waals surface area (Å²) < 4.78 is 1.05. The molecule has 0 radical (unpaired) electrons. The second kappa shape index (κ2) is 8.37. The van der Waals surface area contributed by atoms with Crippen LogP contribution < -0.4 is 5.32 Å².